The molecule has 0 aliphatic heterocycles. The van der Waals surface area contributed by atoms with Gasteiger partial charge >= 0.3 is 12.1 Å². The van der Waals surface area contributed by atoms with Crippen LogP contribution in [0.2, 0.25) is 0 Å². The number of nitrogens with zero attached hydrogens (tertiary/aromatic N) is 3. The number of ether oxygens (including phenoxy) is 2. The van der Waals surface area contributed by atoms with Crippen LogP contribution < -0.4 is 15.2 Å². The third kappa shape index (κ3) is 4.75. The summed E-state index contributed by atoms with van der Waals surface area (Å²) >= 11 is 0. The van der Waals surface area contributed by atoms with Gasteiger partial charge in [-0.2, -0.15) is 13.2 Å². The first-order valence-electron chi connectivity index (χ1n) is 10.4. The summed E-state index contributed by atoms with van der Waals surface area (Å²) in [6.07, 6.45) is -4.61. The Morgan fingerprint density at radius 3 is 2.32 bits per heavy atom. The molecule has 3 rings (SSSR count). The van der Waals surface area contributed by atoms with Gasteiger partial charge in [-0.3, -0.25) is 9.36 Å². The van der Waals surface area contributed by atoms with Crippen molar-refractivity contribution >= 4 is 11.9 Å². The summed E-state index contributed by atoms with van der Waals surface area (Å²) in [6.45, 7) is 1.63. The Morgan fingerprint density at radius 1 is 1.12 bits per heavy atom. The van der Waals surface area contributed by atoms with Crippen LogP contribution in [0.4, 0.5) is 19.1 Å². The molecule has 0 saturated heterocycles. The van der Waals surface area contributed by atoms with Gasteiger partial charge in [0.1, 0.15) is 0 Å². The molecule has 0 aliphatic rings. The van der Waals surface area contributed by atoms with Crippen LogP contribution in [0.25, 0.3) is 0 Å². The van der Waals surface area contributed by atoms with Gasteiger partial charge in [0, 0.05) is 14.1 Å². The number of hydrogen-bond acceptors (Lipinski definition) is 6. The zero-order valence-electron chi connectivity index (χ0n) is 19.1. The Labute approximate surface area is 194 Å². The molecule has 180 valence electrons. The summed E-state index contributed by atoms with van der Waals surface area (Å²) in [5.41, 5.74) is -1.36. The third-order valence-electron chi connectivity index (χ3n) is 5.28. The standard InChI is InChI=1S/C24H24F3N3O4/c1-5-34-22(32)18-20(33-4)21(31)30(3)23(28-18)29(2)19(15-11-7-6-8-12-15)16-13-9-10-14-17(16)24(25,26)27/h6-14,19H,5H2,1-4H3. The van der Waals surface area contributed by atoms with Crippen LogP contribution >= 0.6 is 0 Å². The SMILES string of the molecule is CCOC(=O)c1nc(N(C)C(c2ccccc2)c2ccccc2C(F)(F)F)n(C)c(=O)c1OC. The number of carbonyl (C=O) groups is 1. The van der Waals surface area contributed by atoms with Crippen molar-refractivity contribution in [1.29, 1.82) is 0 Å². The minimum atomic E-state index is -4.61. The van der Waals surface area contributed by atoms with Crippen molar-refractivity contribution in [2.75, 3.05) is 25.7 Å². The van der Waals surface area contributed by atoms with E-state index in [1.807, 2.05) is 0 Å². The highest BCUT2D eigenvalue weighted by atomic mass is 19.4. The quantitative estimate of drug-likeness (QED) is 0.477. The molecule has 1 atom stereocenters. The van der Waals surface area contributed by atoms with Crippen molar-refractivity contribution in [2.24, 2.45) is 7.05 Å². The summed E-state index contributed by atoms with van der Waals surface area (Å²) in [4.78, 5) is 31.2. The number of carbonyl (C=O) groups excluding carboxylic acids is 1. The number of methoxy groups -OCH3 is 1. The molecule has 2 aromatic carbocycles. The van der Waals surface area contributed by atoms with E-state index in [2.05, 4.69) is 4.98 Å². The molecule has 7 nitrogen and oxygen atoms in total. The second-order valence-electron chi connectivity index (χ2n) is 7.39. The van der Waals surface area contributed by atoms with Crippen molar-refractivity contribution in [2.45, 2.75) is 19.1 Å². The fraction of sp³-hybridized carbons (Fsp3) is 0.292. The summed E-state index contributed by atoms with van der Waals surface area (Å²) in [5.74, 6) is -1.23. The number of hydrogen-bond donors (Lipinski definition) is 0. The Hall–Kier alpha value is -3.82. The van der Waals surface area contributed by atoms with E-state index in [4.69, 9.17) is 9.47 Å². The molecule has 34 heavy (non-hydrogen) atoms. The summed E-state index contributed by atoms with van der Waals surface area (Å²) in [6, 6.07) is 12.7. The second kappa shape index (κ2) is 9.98. The highest BCUT2D eigenvalue weighted by Gasteiger charge is 2.37. The highest BCUT2D eigenvalue weighted by Crippen LogP contribution is 2.39. The smallest absolute Gasteiger partial charge is 0.416 e. The lowest BCUT2D eigenvalue weighted by Gasteiger charge is -2.32. The molecular formula is C24H24F3N3O4. The van der Waals surface area contributed by atoms with Gasteiger partial charge < -0.3 is 14.4 Å². The molecule has 0 fully saturated rings. The van der Waals surface area contributed by atoms with Gasteiger partial charge in [-0.1, -0.05) is 48.5 Å². The second-order valence-corrected chi connectivity index (χ2v) is 7.39. The number of anilines is 1. The van der Waals surface area contributed by atoms with E-state index in [0.29, 0.717) is 5.56 Å². The largest absolute Gasteiger partial charge is 0.489 e. The van der Waals surface area contributed by atoms with Gasteiger partial charge in [-0.15, -0.1) is 0 Å². The molecule has 1 unspecified atom stereocenters. The van der Waals surface area contributed by atoms with Crippen molar-refractivity contribution in [1.82, 2.24) is 9.55 Å². The van der Waals surface area contributed by atoms with Crippen LogP contribution in [-0.2, 0) is 18.0 Å². The summed E-state index contributed by atoms with van der Waals surface area (Å²) in [5, 5.41) is 0. The Bertz CT molecular complexity index is 1230. The maximum absolute atomic E-state index is 13.9. The maximum atomic E-state index is 13.9. The van der Waals surface area contributed by atoms with Crippen LogP contribution in [0.15, 0.2) is 59.4 Å². The lowest BCUT2D eigenvalue weighted by Crippen LogP contribution is -2.35. The van der Waals surface area contributed by atoms with Crippen LogP contribution in [0.3, 0.4) is 0 Å². The van der Waals surface area contributed by atoms with Crippen LogP contribution in [0.1, 0.15) is 40.1 Å². The maximum Gasteiger partial charge on any atom is 0.416 e. The lowest BCUT2D eigenvalue weighted by atomic mass is 9.93. The summed E-state index contributed by atoms with van der Waals surface area (Å²) in [7, 11) is 4.13. The van der Waals surface area contributed by atoms with Crippen LogP contribution in [0.5, 0.6) is 5.75 Å². The molecule has 0 N–H and O–H groups in total. The fourth-order valence-electron chi connectivity index (χ4n) is 3.76. The predicted molar refractivity (Wildman–Crippen MR) is 120 cm³/mol. The molecular weight excluding hydrogens is 451 g/mol. The summed E-state index contributed by atoms with van der Waals surface area (Å²) < 4.78 is 53.0. The van der Waals surface area contributed by atoms with E-state index < -0.39 is 29.3 Å². The van der Waals surface area contributed by atoms with E-state index in [1.165, 1.54) is 44.3 Å². The van der Waals surface area contributed by atoms with Gasteiger partial charge in [-0.25, -0.2) is 9.78 Å². The van der Waals surface area contributed by atoms with Crippen molar-refractivity contribution in [3.63, 3.8) is 0 Å². The predicted octanol–water partition coefficient (Wildman–Crippen LogP) is 4.21. The number of aromatic nitrogens is 2. The van der Waals surface area contributed by atoms with Crippen molar-refractivity contribution < 1.29 is 27.4 Å². The first kappa shape index (κ1) is 24.8. The Morgan fingerprint density at radius 2 is 1.74 bits per heavy atom. The minimum absolute atomic E-state index is 0.0357. The third-order valence-corrected chi connectivity index (χ3v) is 5.28. The molecule has 0 aliphatic carbocycles. The van der Waals surface area contributed by atoms with E-state index in [-0.39, 0.29) is 29.6 Å². The molecule has 0 saturated carbocycles. The molecule has 1 aromatic heterocycles. The molecule has 0 amide bonds. The van der Waals surface area contributed by atoms with E-state index in [0.717, 1.165) is 10.6 Å². The Balaban J connectivity index is 2.28. The van der Waals surface area contributed by atoms with E-state index in [9.17, 15) is 22.8 Å². The molecule has 0 bridgehead atoms. The first-order chi connectivity index (χ1) is 16.1. The molecule has 10 heteroatoms. The zero-order chi connectivity index (χ0) is 25.0. The fourth-order valence-corrected chi connectivity index (χ4v) is 3.76. The molecule has 1 heterocycles. The van der Waals surface area contributed by atoms with Gasteiger partial charge in [0.25, 0.3) is 5.56 Å². The highest BCUT2D eigenvalue weighted by molar-refractivity contribution is 5.90. The van der Waals surface area contributed by atoms with Crippen LogP contribution in [0, 0.1) is 0 Å². The van der Waals surface area contributed by atoms with Crippen molar-refractivity contribution in [3.05, 3.63) is 87.3 Å². The number of esters is 1. The van der Waals surface area contributed by atoms with E-state index in [1.54, 1.807) is 37.3 Å². The number of halogens is 3. The van der Waals surface area contributed by atoms with Gasteiger partial charge in [0.2, 0.25) is 11.7 Å². The first-order valence-corrected chi connectivity index (χ1v) is 10.4. The van der Waals surface area contributed by atoms with Gasteiger partial charge in [0.15, 0.2) is 5.69 Å². The van der Waals surface area contributed by atoms with Crippen molar-refractivity contribution in [3.8, 4) is 5.75 Å². The number of rotatable bonds is 7. The average molecular weight is 475 g/mol. The van der Waals surface area contributed by atoms with Crippen LogP contribution in [-0.4, -0.2) is 36.3 Å². The molecule has 0 spiro atoms. The van der Waals surface area contributed by atoms with E-state index >= 15 is 0 Å². The normalized spacial score (nSPS) is 12.2. The lowest BCUT2D eigenvalue weighted by molar-refractivity contribution is -0.138. The average Bonchev–Trinajstić information content (AvgIpc) is 2.81. The molecule has 3 aromatic rings. The topological polar surface area (TPSA) is 73.7 Å². The zero-order valence-corrected chi connectivity index (χ0v) is 19.1. The Kier molecular flexibility index (Phi) is 7.29. The van der Waals surface area contributed by atoms with Gasteiger partial charge in [-0.05, 0) is 24.1 Å². The molecule has 0 radical (unpaired) electrons. The van der Waals surface area contributed by atoms with Gasteiger partial charge in [0.05, 0.1) is 25.3 Å². The number of alkyl halides is 3. The number of benzene rings is 2. The minimum Gasteiger partial charge on any atom is -0.489 e. The monoisotopic (exact) mass is 475 g/mol.